The maximum absolute atomic E-state index is 14.8. The van der Waals surface area contributed by atoms with E-state index >= 15 is 0 Å². The summed E-state index contributed by atoms with van der Waals surface area (Å²) in [5.41, 5.74) is 20.2. The topological polar surface area (TPSA) is 367 Å². The number of fused-ring (bicyclic) bond motifs is 14. The van der Waals surface area contributed by atoms with Crippen molar-refractivity contribution >= 4 is 103 Å². The molecule has 7 aromatic heterocycles. The highest BCUT2D eigenvalue weighted by molar-refractivity contribution is 7.15. The number of rotatable bonds is 11. The number of aromatic hydroxyl groups is 1. The van der Waals surface area contributed by atoms with Gasteiger partial charge in [-0.2, -0.15) is 0 Å². The number of nitrogens with one attached hydrogen (secondary N) is 3. The first-order valence-corrected chi connectivity index (χ1v) is 30.3. The van der Waals surface area contributed by atoms with Gasteiger partial charge in [0.2, 0.25) is 11.8 Å². The number of ketones is 1. The lowest BCUT2D eigenvalue weighted by Crippen LogP contribution is -2.50. The zero-order valence-corrected chi connectivity index (χ0v) is 48.1. The normalized spacial score (nSPS) is 18.2. The molecule has 0 saturated carbocycles. The highest BCUT2D eigenvalue weighted by Crippen LogP contribution is 2.41. The summed E-state index contributed by atoms with van der Waals surface area (Å²) in [5.74, 6) is -5.83. The number of thiazole rings is 6. The minimum absolute atomic E-state index is 0.0129. The number of hydrogen-bond acceptors (Lipinski definition) is 23. The van der Waals surface area contributed by atoms with Crippen molar-refractivity contribution in [1.82, 2.24) is 50.8 Å². The second-order valence-corrected chi connectivity index (χ2v) is 24.6. The zero-order valence-electron chi connectivity index (χ0n) is 43.2. The van der Waals surface area contributed by atoms with Crippen LogP contribution in [0.15, 0.2) is 93.6 Å². The van der Waals surface area contributed by atoms with E-state index in [-0.39, 0.29) is 64.3 Å². The summed E-state index contributed by atoms with van der Waals surface area (Å²) in [6.45, 7) is 3.22. The van der Waals surface area contributed by atoms with E-state index in [1.807, 2.05) is 0 Å². The second-order valence-electron chi connectivity index (χ2n) is 19.0. The first-order chi connectivity index (χ1) is 39.4. The maximum atomic E-state index is 14.8. The van der Waals surface area contributed by atoms with Gasteiger partial charge in [0.05, 0.1) is 41.4 Å². The Morgan fingerprint density at radius 1 is 0.659 bits per heavy atom. The minimum atomic E-state index is -1.31. The van der Waals surface area contributed by atoms with Gasteiger partial charge in [-0.25, -0.2) is 34.9 Å². The van der Waals surface area contributed by atoms with Gasteiger partial charge in [0.15, 0.2) is 5.78 Å². The van der Waals surface area contributed by atoms with Crippen LogP contribution in [-0.4, -0.2) is 104 Å². The molecule has 0 unspecified atom stereocenters. The van der Waals surface area contributed by atoms with Crippen molar-refractivity contribution in [3.8, 4) is 49.1 Å². The fourth-order valence-electron chi connectivity index (χ4n) is 8.93. The number of pyridine rings is 1. The Balaban J connectivity index is 1.08. The number of aliphatic hydroxyl groups excluding tert-OH is 2. The molecule has 7 atom stereocenters. The first-order valence-electron chi connectivity index (χ1n) is 25.1. The number of Topliss-reactive ketones (excluding diaryl/α,β-unsaturated/α-hetero) is 1. The number of aromatic nitrogens is 7. The van der Waals surface area contributed by atoms with Gasteiger partial charge in [0, 0.05) is 68.6 Å². The third-order valence-electron chi connectivity index (χ3n) is 13.3. The summed E-state index contributed by atoms with van der Waals surface area (Å²) in [4.78, 5) is 116. The SMILES string of the molecule is Cc1sc2nc1C(=O)C[C@@H]([C@H](O)c1ccccc1)c1nc(cs1)C(=O)N[C@@H](Cc1ccc(O)cc1)C(=O)N[C@@H]([C@@H](C)[C@@H](O)CN)c1nc(cs1)-c1nc(cs1)-c1nc(-c3nc(C(N)=O)cs3)ccc1-c1nc(cs1)C(=O)N[C@H]2CC(N)=O. The standard InChI is InChI=1S/C54H49N13O9S6/c1-23(39(70)17-55)41-54-65-37(22-81-54)52-61-33(18-79-52)43-28(12-13-30(58-43)51-62-34(19-80-51)45(57)73)49-63-36(20-77-49)48(76)60-32(16-40(56)71)53-67-42(24(2)82-53)38(69)15-29(44(72)26-6-4-3-5-7-26)50-64-35(21-78-50)47(75)59-31(46(74)66-41)14-25-8-10-27(68)11-9-25/h3-13,18-23,29,31-32,39,41,44,68,70,72H,14-17,55H2,1-2H3,(H2,56,71)(H2,57,73)(H,59,75)(H,60,76)(H,66,74)/t23-,29-,31-,32-,39-,41-,44+/m0/s1. The number of hydrogen-bond donors (Lipinski definition) is 9. The van der Waals surface area contributed by atoms with E-state index in [4.69, 9.17) is 37.1 Å². The number of aryl methyl sites for hydroxylation is 1. The van der Waals surface area contributed by atoms with E-state index in [0.29, 0.717) is 64.4 Å². The predicted molar refractivity (Wildman–Crippen MR) is 311 cm³/mol. The van der Waals surface area contributed by atoms with Crippen molar-refractivity contribution in [1.29, 1.82) is 0 Å². The molecule has 2 aromatic carbocycles. The van der Waals surface area contributed by atoms with Crippen molar-refractivity contribution in [2.75, 3.05) is 6.54 Å². The Kier molecular flexibility index (Phi) is 17.2. The molecule has 0 saturated heterocycles. The average Bonchev–Trinajstić information content (AvgIpc) is 4.44. The molecule has 9 aromatic rings. The largest absolute Gasteiger partial charge is 0.508 e. The number of benzene rings is 2. The Labute approximate surface area is 490 Å². The molecule has 12 N–H and O–H groups in total. The quantitative estimate of drug-likeness (QED) is 0.0666. The molecular formula is C54H49N13O9S6. The molecular weight excluding hydrogens is 1170 g/mol. The fourth-order valence-corrected chi connectivity index (χ4v) is 14.3. The molecule has 0 radical (unpaired) electrons. The van der Waals surface area contributed by atoms with E-state index in [2.05, 4.69) is 30.9 Å². The molecule has 10 rings (SSSR count). The highest BCUT2D eigenvalue weighted by atomic mass is 32.1. The molecule has 1 aliphatic rings. The van der Waals surface area contributed by atoms with Crippen LogP contribution in [0.4, 0.5) is 0 Å². The van der Waals surface area contributed by atoms with Crippen molar-refractivity contribution in [2.45, 2.75) is 69.4 Å². The molecule has 0 aliphatic carbocycles. The number of amides is 5. The summed E-state index contributed by atoms with van der Waals surface area (Å²) in [6.07, 6.45) is -3.21. The van der Waals surface area contributed by atoms with Crippen molar-refractivity contribution in [2.24, 2.45) is 23.1 Å². The van der Waals surface area contributed by atoms with Gasteiger partial charge in [0.25, 0.3) is 17.7 Å². The monoisotopic (exact) mass is 1220 g/mol. The second kappa shape index (κ2) is 24.7. The lowest BCUT2D eigenvalue weighted by atomic mass is 9.90. The Morgan fingerprint density at radius 3 is 2.01 bits per heavy atom. The minimum Gasteiger partial charge on any atom is -0.508 e. The van der Waals surface area contributed by atoms with Crippen molar-refractivity contribution < 1.29 is 44.1 Å². The number of phenols is 1. The number of nitrogens with zero attached hydrogens (tertiary/aromatic N) is 7. The molecule has 8 heterocycles. The van der Waals surface area contributed by atoms with Crippen LogP contribution in [0.3, 0.4) is 0 Å². The van der Waals surface area contributed by atoms with Gasteiger partial charge in [-0.15, -0.1) is 68.0 Å². The van der Waals surface area contributed by atoms with Gasteiger partial charge < -0.3 is 48.5 Å². The number of primary amides is 2. The third-order valence-corrected chi connectivity index (χ3v) is 18.9. The van der Waals surface area contributed by atoms with Gasteiger partial charge in [-0.1, -0.05) is 49.4 Å². The number of nitrogens with two attached hydrogens (primary N) is 3. The molecule has 82 heavy (non-hydrogen) atoms. The number of phenolic OH excluding ortho intramolecular Hbond substituents is 1. The Hall–Kier alpha value is -7.93. The lowest BCUT2D eigenvalue weighted by Gasteiger charge is -2.29. The molecule has 5 amide bonds. The summed E-state index contributed by atoms with van der Waals surface area (Å²) < 4.78 is 0. The summed E-state index contributed by atoms with van der Waals surface area (Å²) in [5, 5.41) is 52.1. The van der Waals surface area contributed by atoms with E-state index in [9.17, 15) is 44.1 Å². The number of aliphatic hydroxyl groups is 2. The van der Waals surface area contributed by atoms with E-state index in [1.54, 1.807) is 79.2 Å². The molecule has 10 bridgehead atoms. The maximum Gasteiger partial charge on any atom is 0.271 e. The Morgan fingerprint density at radius 2 is 1.29 bits per heavy atom. The fraction of sp³-hybridized carbons (Fsp3) is 0.241. The van der Waals surface area contributed by atoms with Crippen molar-refractivity contribution in [3.63, 3.8) is 0 Å². The number of carbonyl (C=O) groups excluding carboxylic acids is 6. The average molecular weight is 1220 g/mol. The molecule has 0 spiro atoms. The third kappa shape index (κ3) is 12.6. The van der Waals surface area contributed by atoms with Gasteiger partial charge in [0.1, 0.15) is 76.7 Å². The smallest absolute Gasteiger partial charge is 0.271 e. The zero-order chi connectivity index (χ0) is 57.9. The van der Waals surface area contributed by atoms with Gasteiger partial charge in [-0.3, -0.25) is 28.8 Å². The van der Waals surface area contributed by atoms with Crippen LogP contribution in [0.25, 0.3) is 43.4 Å². The summed E-state index contributed by atoms with van der Waals surface area (Å²) >= 11 is 6.85. The molecule has 0 fully saturated rings. The summed E-state index contributed by atoms with van der Waals surface area (Å²) in [6, 6.07) is 14.8. The van der Waals surface area contributed by atoms with E-state index in [0.717, 1.165) is 45.3 Å². The van der Waals surface area contributed by atoms with Crippen LogP contribution in [0, 0.1) is 12.8 Å². The lowest BCUT2D eigenvalue weighted by molar-refractivity contribution is -0.124. The van der Waals surface area contributed by atoms with Crippen LogP contribution < -0.4 is 33.2 Å². The Bertz CT molecular complexity index is 3860. The van der Waals surface area contributed by atoms with Gasteiger partial charge in [-0.05, 0) is 42.3 Å². The first kappa shape index (κ1) is 57.3. The number of carbonyl (C=O) groups is 6. The van der Waals surface area contributed by atoms with Gasteiger partial charge >= 0.3 is 0 Å². The molecule has 28 heteroatoms. The molecule has 22 nitrogen and oxygen atoms in total. The highest BCUT2D eigenvalue weighted by Gasteiger charge is 2.36. The van der Waals surface area contributed by atoms with Crippen LogP contribution in [0.5, 0.6) is 5.75 Å². The van der Waals surface area contributed by atoms with Crippen LogP contribution in [0.2, 0.25) is 0 Å². The predicted octanol–water partition coefficient (Wildman–Crippen LogP) is 6.51. The van der Waals surface area contributed by atoms with Crippen molar-refractivity contribution in [3.05, 3.63) is 147 Å². The molecule has 1 aliphatic heterocycles. The summed E-state index contributed by atoms with van der Waals surface area (Å²) in [7, 11) is 0. The van der Waals surface area contributed by atoms with E-state index in [1.165, 1.54) is 50.9 Å². The van der Waals surface area contributed by atoms with Crippen LogP contribution in [0.1, 0.15) is 117 Å². The van der Waals surface area contributed by atoms with Crippen LogP contribution >= 0.6 is 68.0 Å². The van der Waals surface area contributed by atoms with E-state index < -0.39 is 77.5 Å². The van der Waals surface area contributed by atoms with Crippen LogP contribution in [-0.2, 0) is 16.0 Å². The molecule has 420 valence electrons.